The fraction of sp³-hybridized carbons (Fsp3) is 0.875. The van der Waals surface area contributed by atoms with E-state index in [-0.39, 0.29) is 12.3 Å². The van der Waals surface area contributed by atoms with Crippen molar-refractivity contribution < 1.29 is 19.0 Å². The third-order valence-corrected chi connectivity index (χ3v) is 2.13. The molecule has 1 heterocycles. The van der Waals surface area contributed by atoms with Crippen molar-refractivity contribution in [1.29, 1.82) is 0 Å². The smallest absolute Gasteiger partial charge is 0.337 e. The molecule has 0 aromatic heterocycles. The monoisotopic (exact) mass is 174 g/mol. The molecule has 0 saturated carbocycles. The zero-order valence-electron chi connectivity index (χ0n) is 7.62. The summed E-state index contributed by atoms with van der Waals surface area (Å²) < 4.78 is 14.9. The van der Waals surface area contributed by atoms with Crippen LogP contribution in [0.3, 0.4) is 0 Å². The van der Waals surface area contributed by atoms with Crippen LogP contribution in [-0.4, -0.2) is 32.1 Å². The minimum absolute atomic E-state index is 0.269. The molecular formula is C8H14O4. The normalized spacial score (nSPS) is 35.1. The molecule has 0 radical (unpaired) electrons. The first-order valence-electron chi connectivity index (χ1n) is 3.91. The Morgan fingerprint density at radius 3 is 2.67 bits per heavy atom. The van der Waals surface area contributed by atoms with Gasteiger partial charge in [-0.3, -0.25) is 0 Å². The van der Waals surface area contributed by atoms with E-state index in [4.69, 9.17) is 9.47 Å². The highest BCUT2D eigenvalue weighted by atomic mass is 16.7. The maximum Gasteiger partial charge on any atom is 0.337 e. The van der Waals surface area contributed by atoms with E-state index in [1.165, 1.54) is 7.11 Å². The van der Waals surface area contributed by atoms with Gasteiger partial charge >= 0.3 is 5.97 Å². The Bertz CT molecular complexity index is 180. The van der Waals surface area contributed by atoms with Crippen LogP contribution in [0.1, 0.15) is 19.8 Å². The molecule has 2 atom stereocenters. The summed E-state index contributed by atoms with van der Waals surface area (Å²) in [5.41, 5.74) is -0.810. The minimum Gasteiger partial charge on any atom is -0.467 e. The Labute approximate surface area is 71.8 Å². The van der Waals surface area contributed by atoms with E-state index in [0.29, 0.717) is 6.42 Å². The summed E-state index contributed by atoms with van der Waals surface area (Å²) in [5.74, 6) is -0.331. The Balaban J connectivity index is 2.57. The van der Waals surface area contributed by atoms with Gasteiger partial charge in [0.15, 0.2) is 11.9 Å². The van der Waals surface area contributed by atoms with Gasteiger partial charge in [-0.25, -0.2) is 4.79 Å². The van der Waals surface area contributed by atoms with Crippen molar-refractivity contribution >= 4 is 5.97 Å². The lowest BCUT2D eigenvalue weighted by Crippen LogP contribution is -2.36. The van der Waals surface area contributed by atoms with Crippen molar-refractivity contribution in [3.63, 3.8) is 0 Å². The van der Waals surface area contributed by atoms with Crippen LogP contribution in [0.15, 0.2) is 0 Å². The van der Waals surface area contributed by atoms with E-state index in [1.807, 2.05) is 0 Å². The van der Waals surface area contributed by atoms with Gasteiger partial charge in [0.05, 0.1) is 7.11 Å². The molecule has 1 saturated heterocycles. The van der Waals surface area contributed by atoms with E-state index in [0.717, 1.165) is 6.42 Å². The molecule has 0 aromatic rings. The Hall–Kier alpha value is -0.610. The third-order valence-electron chi connectivity index (χ3n) is 2.13. The molecule has 1 fully saturated rings. The Morgan fingerprint density at radius 2 is 2.25 bits per heavy atom. The summed E-state index contributed by atoms with van der Waals surface area (Å²) in [7, 11) is 2.92. The molecule has 1 rings (SSSR count). The molecular weight excluding hydrogens is 160 g/mol. The number of carbonyl (C=O) groups is 1. The molecule has 0 spiro atoms. The quantitative estimate of drug-likeness (QED) is 0.578. The van der Waals surface area contributed by atoms with Crippen molar-refractivity contribution in [2.45, 2.75) is 31.7 Å². The van der Waals surface area contributed by atoms with Crippen LogP contribution in [0, 0.1) is 0 Å². The standard InChI is InChI=1S/C8H14O4/c1-8(7(9)11-3)5-4-6(10-2)12-8/h6H,4-5H2,1-3H3/t6?,8-/m1/s1. The molecule has 0 amide bonds. The van der Waals surface area contributed by atoms with Crippen molar-refractivity contribution in [3.8, 4) is 0 Å². The van der Waals surface area contributed by atoms with Crippen molar-refractivity contribution in [3.05, 3.63) is 0 Å². The van der Waals surface area contributed by atoms with Gasteiger partial charge in [-0.05, 0) is 13.3 Å². The van der Waals surface area contributed by atoms with Crippen molar-refractivity contribution in [2.24, 2.45) is 0 Å². The van der Waals surface area contributed by atoms with Crippen LogP contribution in [0.25, 0.3) is 0 Å². The van der Waals surface area contributed by atoms with Crippen molar-refractivity contribution in [1.82, 2.24) is 0 Å². The number of rotatable bonds is 2. The van der Waals surface area contributed by atoms with Crippen LogP contribution >= 0.6 is 0 Å². The van der Waals surface area contributed by atoms with Gasteiger partial charge in [0.2, 0.25) is 0 Å². The van der Waals surface area contributed by atoms with Gasteiger partial charge in [-0.2, -0.15) is 0 Å². The molecule has 12 heavy (non-hydrogen) atoms. The Kier molecular flexibility index (Phi) is 2.69. The lowest BCUT2D eigenvalue weighted by Gasteiger charge is -2.20. The lowest BCUT2D eigenvalue weighted by atomic mass is 10.0. The van der Waals surface area contributed by atoms with Gasteiger partial charge in [0.25, 0.3) is 0 Å². The molecule has 0 aromatic carbocycles. The molecule has 70 valence electrons. The number of carbonyl (C=O) groups excluding carboxylic acids is 1. The highest BCUT2D eigenvalue weighted by Crippen LogP contribution is 2.31. The minimum atomic E-state index is -0.810. The molecule has 1 unspecified atom stereocenters. The van der Waals surface area contributed by atoms with Crippen LogP contribution in [-0.2, 0) is 19.0 Å². The highest BCUT2D eigenvalue weighted by Gasteiger charge is 2.43. The topological polar surface area (TPSA) is 44.8 Å². The molecule has 4 nitrogen and oxygen atoms in total. The second kappa shape index (κ2) is 3.41. The summed E-state index contributed by atoms with van der Waals surface area (Å²) >= 11 is 0. The lowest BCUT2D eigenvalue weighted by molar-refractivity contribution is -0.186. The predicted octanol–water partition coefficient (Wildman–Crippen LogP) is 0.701. The average Bonchev–Trinajstić information content (AvgIpc) is 2.47. The van der Waals surface area contributed by atoms with Gasteiger partial charge in [0.1, 0.15) is 0 Å². The summed E-state index contributed by atoms with van der Waals surface area (Å²) in [6, 6.07) is 0. The first-order valence-corrected chi connectivity index (χ1v) is 3.91. The maximum atomic E-state index is 11.2. The van der Waals surface area contributed by atoms with Crippen LogP contribution in [0.4, 0.5) is 0 Å². The SMILES string of the molecule is COC(=O)[C@@]1(C)CCC(OC)O1. The molecule has 0 bridgehead atoms. The van der Waals surface area contributed by atoms with Gasteiger partial charge in [-0.1, -0.05) is 0 Å². The van der Waals surface area contributed by atoms with E-state index >= 15 is 0 Å². The van der Waals surface area contributed by atoms with E-state index in [9.17, 15) is 4.79 Å². The zero-order chi connectivity index (χ0) is 9.19. The second-order valence-electron chi connectivity index (χ2n) is 3.04. The molecule has 1 aliphatic heterocycles. The number of methoxy groups -OCH3 is 2. The van der Waals surface area contributed by atoms with E-state index in [1.54, 1.807) is 14.0 Å². The summed E-state index contributed by atoms with van der Waals surface area (Å²) in [4.78, 5) is 11.2. The van der Waals surface area contributed by atoms with Gasteiger partial charge in [-0.15, -0.1) is 0 Å². The molecule has 1 aliphatic rings. The van der Waals surface area contributed by atoms with Crippen LogP contribution < -0.4 is 0 Å². The fourth-order valence-corrected chi connectivity index (χ4v) is 1.33. The van der Waals surface area contributed by atoms with Crippen LogP contribution in [0.2, 0.25) is 0 Å². The summed E-state index contributed by atoms with van der Waals surface area (Å²) in [5, 5.41) is 0. The first kappa shape index (κ1) is 9.48. The third kappa shape index (κ3) is 1.59. The summed E-state index contributed by atoms with van der Waals surface area (Å²) in [6.07, 6.45) is 1.12. The van der Waals surface area contributed by atoms with Gasteiger partial charge < -0.3 is 14.2 Å². The maximum absolute atomic E-state index is 11.2. The van der Waals surface area contributed by atoms with Crippen LogP contribution in [0.5, 0.6) is 0 Å². The highest BCUT2D eigenvalue weighted by molar-refractivity contribution is 5.79. The van der Waals surface area contributed by atoms with E-state index in [2.05, 4.69) is 4.74 Å². The number of hydrogen-bond donors (Lipinski definition) is 0. The second-order valence-corrected chi connectivity index (χ2v) is 3.04. The number of ether oxygens (including phenoxy) is 3. The zero-order valence-corrected chi connectivity index (χ0v) is 7.62. The van der Waals surface area contributed by atoms with Gasteiger partial charge in [0, 0.05) is 13.5 Å². The van der Waals surface area contributed by atoms with Crippen molar-refractivity contribution in [2.75, 3.05) is 14.2 Å². The predicted molar refractivity (Wildman–Crippen MR) is 41.5 cm³/mol. The van der Waals surface area contributed by atoms with E-state index < -0.39 is 5.60 Å². The Morgan fingerprint density at radius 1 is 1.58 bits per heavy atom. The number of hydrogen-bond acceptors (Lipinski definition) is 4. The molecule has 0 N–H and O–H groups in total. The molecule has 0 aliphatic carbocycles. The number of esters is 1. The average molecular weight is 174 g/mol. The largest absolute Gasteiger partial charge is 0.467 e. The molecule has 4 heteroatoms. The first-order chi connectivity index (χ1) is 5.62. The summed E-state index contributed by atoms with van der Waals surface area (Å²) in [6.45, 7) is 1.72. The fourth-order valence-electron chi connectivity index (χ4n) is 1.33.